The Morgan fingerprint density at radius 1 is 1.63 bits per heavy atom. The normalized spacial score (nSPS) is 16.4. The van der Waals surface area contributed by atoms with E-state index in [1.807, 2.05) is 13.8 Å². The van der Waals surface area contributed by atoms with Crippen LogP contribution in [0.1, 0.15) is 46.2 Å². The third-order valence-electron chi connectivity index (χ3n) is 3.30. The summed E-state index contributed by atoms with van der Waals surface area (Å²) in [5, 5.41) is 9.91. The van der Waals surface area contributed by atoms with Crippen LogP contribution < -0.4 is 0 Å². The lowest BCUT2D eigenvalue weighted by molar-refractivity contribution is 0.0711. The zero-order valence-electron chi connectivity index (χ0n) is 11.5. The number of hydrogen-bond donors (Lipinski definition) is 1. The molecule has 1 atom stereocenters. The van der Waals surface area contributed by atoms with Crippen LogP contribution in [0.5, 0.6) is 0 Å². The maximum Gasteiger partial charge on any atom is 0.266 e. The number of nitrogens with zero attached hydrogens (tertiary/aromatic N) is 2. The Labute approximate surface area is 117 Å². The number of aliphatic hydroxyl groups excluding tert-OH is 1. The van der Waals surface area contributed by atoms with E-state index in [0.29, 0.717) is 17.5 Å². The molecule has 2 rings (SSSR count). The molecule has 0 saturated heterocycles. The molecule has 1 N–H and O–H groups in total. The van der Waals surface area contributed by atoms with Gasteiger partial charge in [-0.05, 0) is 26.7 Å². The predicted octanol–water partition coefficient (Wildman–Crippen LogP) is 1.76. The Morgan fingerprint density at radius 3 is 2.84 bits per heavy atom. The lowest BCUT2D eigenvalue weighted by atomic mass is 10.3. The van der Waals surface area contributed by atoms with Crippen molar-refractivity contribution in [3.05, 3.63) is 15.6 Å². The molecule has 0 radical (unpaired) electrons. The highest BCUT2D eigenvalue weighted by molar-refractivity contribution is 7.13. The second-order valence-electron chi connectivity index (χ2n) is 4.80. The van der Waals surface area contributed by atoms with Crippen LogP contribution in [0.25, 0.3) is 0 Å². The summed E-state index contributed by atoms with van der Waals surface area (Å²) in [6, 6.07) is 0.296. The van der Waals surface area contributed by atoms with Gasteiger partial charge in [-0.1, -0.05) is 0 Å². The molecule has 5 nitrogen and oxygen atoms in total. The first-order chi connectivity index (χ1) is 9.08. The minimum Gasteiger partial charge on any atom is -0.395 e. The maximum atomic E-state index is 12.5. The number of rotatable bonds is 6. The van der Waals surface area contributed by atoms with Crippen molar-refractivity contribution in [2.24, 2.45) is 0 Å². The number of aryl methyl sites for hydroxylation is 1. The van der Waals surface area contributed by atoms with E-state index >= 15 is 0 Å². The molecular weight excluding hydrogens is 264 g/mol. The van der Waals surface area contributed by atoms with Crippen LogP contribution in [0.15, 0.2) is 0 Å². The molecule has 0 aliphatic heterocycles. The lowest BCUT2D eigenvalue weighted by Crippen LogP contribution is -2.35. The van der Waals surface area contributed by atoms with Crippen LogP contribution in [-0.4, -0.2) is 47.2 Å². The van der Waals surface area contributed by atoms with Gasteiger partial charge >= 0.3 is 0 Å². The van der Waals surface area contributed by atoms with Gasteiger partial charge in [-0.15, -0.1) is 11.3 Å². The van der Waals surface area contributed by atoms with Crippen molar-refractivity contribution in [3.63, 3.8) is 0 Å². The SMILES string of the molecule is COC(C)c1nc(C)c(C(=O)N(CCO)C2CC2)s1. The molecule has 1 aliphatic rings. The number of aromatic nitrogens is 1. The Kier molecular flexibility index (Phi) is 4.54. The molecule has 6 heteroatoms. The summed E-state index contributed by atoms with van der Waals surface area (Å²) >= 11 is 1.39. The van der Waals surface area contributed by atoms with Gasteiger partial charge in [0, 0.05) is 19.7 Å². The highest BCUT2D eigenvalue weighted by atomic mass is 32.1. The van der Waals surface area contributed by atoms with Crippen molar-refractivity contribution >= 4 is 17.2 Å². The van der Waals surface area contributed by atoms with Crippen molar-refractivity contribution < 1.29 is 14.6 Å². The molecule has 0 bridgehead atoms. The first kappa shape index (κ1) is 14.4. The number of hydrogen-bond acceptors (Lipinski definition) is 5. The van der Waals surface area contributed by atoms with E-state index in [1.54, 1.807) is 12.0 Å². The average molecular weight is 284 g/mol. The largest absolute Gasteiger partial charge is 0.395 e. The van der Waals surface area contributed by atoms with E-state index in [9.17, 15) is 4.79 Å². The summed E-state index contributed by atoms with van der Waals surface area (Å²) in [6.45, 7) is 4.16. The standard InChI is InChI=1S/C13H20N2O3S/c1-8-11(19-12(14-8)9(2)18-3)13(17)15(6-7-16)10-4-5-10/h9-10,16H,4-7H2,1-3H3. The fourth-order valence-corrected chi connectivity index (χ4v) is 3.02. The molecule has 1 aliphatic carbocycles. The molecule has 106 valence electrons. The second-order valence-corrected chi connectivity index (χ2v) is 5.83. The molecule has 1 amide bonds. The van der Waals surface area contributed by atoms with Crippen molar-refractivity contribution in [1.29, 1.82) is 0 Å². The molecule has 1 saturated carbocycles. The van der Waals surface area contributed by atoms with E-state index in [-0.39, 0.29) is 18.6 Å². The smallest absolute Gasteiger partial charge is 0.266 e. The topological polar surface area (TPSA) is 62.7 Å². The number of carbonyl (C=O) groups excluding carboxylic acids is 1. The summed E-state index contributed by atoms with van der Waals surface area (Å²) in [5.41, 5.74) is 0.748. The van der Waals surface area contributed by atoms with Gasteiger partial charge in [-0.2, -0.15) is 0 Å². The highest BCUT2D eigenvalue weighted by Crippen LogP contribution is 2.31. The zero-order valence-corrected chi connectivity index (χ0v) is 12.4. The Hall–Kier alpha value is -0.980. The summed E-state index contributed by atoms with van der Waals surface area (Å²) in [4.78, 5) is 19.3. The summed E-state index contributed by atoms with van der Waals surface area (Å²) in [6.07, 6.45) is 1.97. The number of ether oxygens (including phenoxy) is 1. The van der Waals surface area contributed by atoms with Crippen LogP contribution in [0.4, 0.5) is 0 Å². The van der Waals surface area contributed by atoms with E-state index in [0.717, 1.165) is 23.5 Å². The predicted molar refractivity (Wildman–Crippen MR) is 73.4 cm³/mol. The number of carbonyl (C=O) groups is 1. The van der Waals surface area contributed by atoms with Gasteiger partial charge in [-0.25, -0.2) is 4.98 Å². The summed E-state index contributed by atoms with van der Waals surface area (Å²) in [5.74, 6) is -0.0129. The molecule has 19 heavy (non-hydrogen) atoms. The molecule has 1 unspecified atom stereocenters. The van der Waals surface area contributed by atoms with Crippen LogP contribution in [0.2, 0.25) is 0 Å². The minimum absolute atomic E-state index is 0.00141. The van der Waals surface area contributed by atoms with Gasteiger partial charge in [0.1, 0.15) is 16.0 Å². The third-order valence-corrected chi connectivity index (χ3v) is 4.60. The Morgan fingerprint density at radius 2 is 2.32 bits per heavy atom. The fraction of sp³-hybridized carbons (Fsp3) is 0.692. The van der Waals surface area contributed by atoms with Crippen LogP contribution in [0.3, 0.4) is 0 Å². The fourth-order valence-electron chi connectivity index (χ4n) is 1.96. The van der Waals surface area contributed by atoms with Crippen LogP contribution in [0, 0.1) is 6.92 Å². The first-order valence-corrected chi connectivity index (χ1v) is 7.32. The van der Waals surface area contributed by atoms with E-state index in [2.05, 4.69) is 4.98 Å². The number of methoxy groups -OCH3 is 1. The number of thiazole rings is 1. The van der Waals surface area contributed by atoms with Gasteiger partial charge in [0.25, 0.3) is 5.91 Å². The Balaban J connectivity index is 2.19. The van der Waals surface area contributed by atoms with Gasteiger partial charge in [-0.3, -0.25) is 4.79 Å². The average Bonchev–Trinajstić information content (AvgIpc) is 3.16. The van der Waals surface area contributed by atoms with Crippen LogP contribution >= 0.6 is 11.3 Å². The zero-order chi connectivity index (χ0) is 14.0. The quantitative estimate of drug-likeness (QED) is 0.864. The van der Waals surface area contributed by atoms with Gasteiger partial charge < -0.3 is 14.7 Å². The van der Waals surface area contributed by atoms with Gasteiger partial charge in [0.05, 0.1) is 12.3 Å². The maximum absolute atomic E-state index is 12.5. The van der Waals surface area contributed by atoms with E-state index in [4.69, 9.17) is 9.84 Å². The molecule has 1 aromatic heterocycles. The molecule has 0 aromatic carbocycles. The first-order valence-electron chi connectivity index (χ1n) is 6.50. The third kappa shape index (κ3) is 3.13. The van der Waals surface area contributed by atoms with Gasteiger partial charge in [0.2, 0.25) is 0 Å². The molecule has 1 fully saturated rings. The molecule has 0 spiro atoms. The highest BCUT2D eigenvalue weighted by Gasteiger charge is 2.34. The summed E-state index contributed by atoms with van der Waals surface area (Å²) in [7, 11) is 1.63. The molecular formula is C13H20N2O3S. The molecule has 1 heterocycles. The van der Waals surface area contributed by atoms with E-state index in [1.165, 1.54) is 11.3 Å². The van der Waals surface area contributed by atoms with Crippen molar-refractivity contribution in [2.45, 2.75) is 38.8 Å². The Bertz CT molecular complexity index is 457. The van der Waals surface area contributed by atoms with Crippen molar-refractivity contribution in [3.8, 4) is 0 Å². The monoisotopic (exact) mass is 284 g/mol. The summed E-state index contributed by atoms with van der Waals surface area (Å²) < 4.78 is 5.24. The number of aliphatic hydroxyl groups is 1. The van der Waals surface area contributed by atoms with Crippen LogP contribution in [-0.2, 0) is 4.74 Å². The number of amides is 1. The minimum atomic E-state index is -0.0996. The van der Waals surface area contributed by atoms with Crippen molar-refractivity contribution in [2.75, 3.05) is 20.3 Å². The van der Waals surface area contributed by atoms with Gasteiger partial charge in [0.15, 0.2) is 0 Å². The lowest BCUT2D eigenvalue weighted by Gasteiger charge is -2.20. The molecule has 1 aromatic rings. The van der Waals surface area contributed by atoms with E-state index < -0.39 is 0 Å². The van der Waals surface area contributed by atoms with Crippen molar-refractivity contribution in [1.82, 2.24) is 9.88 Å². The second kappa shape index (κ2) is 5.98.